The summed E-state index contributed by atoms with van der Waals surface area (Å²) in [6.07, 6.45) is 5.86. The van der Waals surface area contributed by atoms with Gasteiger partial charge in [0, 0.05) is 29.4 Å². The van der Waals surface area contributed by atoms with Gasteiger partial charge in [0.25, 0.3) is 0 Å². The van der Waals surface area contributed by atoms with Crippen LogP contribution in [0.1, 0.15) is 43.8 Å². The van der Waals surface area contributed by atoms with Gasteiger partial charge in [0.15, 0.2) is 0 Å². The van der Waals surface area contributed by atoms with E-state index in [0.717, 1.165) is 30.7 Å². The van der Waals surface area contributed by atoms with E-state index in [0.29, 0.717) is 17.3 Å². The predicted molar refractivity (Wildman–Crippen MR) is 118 cm³/mol. The Labute approximate surface area is 186 Å². The lowest BCUT2D eigenvalue weighted by Gasteiger charge is -2.24. The Morgan fingerprint density at radius 1 is 1.26 bits per heavy atom. The minimum absolute atomic E-state index is 0.0120. The smallest absolute Gasteiger partial charge is 0.326 e. The molecule has 2 aromatic heterocycles. The molecule has 1 amide bonds. The van der Waals surface area contributed by atoms with Gasteiger partial charge in [-0.1, -0.05) is 43.1 Å². The van der Waals surface area contributed by atoms with Crippen LogP contribution in [0.2, 0.25) is 5.02 Å². The number of furan rings is 1. The molecule has 0 radical (unpaired) electrons. The number of aliphatic carboxylic acids is 1. The van der Waals surface area contributed by atoms with Gasteiger partial charge in [0.05, 0.1) is 19.2 Å². The number of hydrogen-bond donors (Lipinski definition) is 1. The van der Waals surface area contributed by atoms with Crippen molar-refractivity contribution in [1.29, 1.82) is 0 Å². The van der Waals surface area contributed by atoms with Gasteiger partial charge in [-0.25, -0.2) is 9.78 Å². The third-order valence-electron chi connectivity index (χ3n) is 5.15. The van der Waals surface area contributed by atoms with Crippen LogP contribution in [0.4, 0.5) is 5.88 Å². The average Bonchev–Trinajstić information content (AvgIpc) is 3.39. The number of aryl methyl sites for hydroxylation is 1. The summed E-state index contributed by atoms with van der Waals surface area (Å²) in [6.45, 7) is 4.05. The second-order valence-corrected chi connectivity index (χ2v) is 7.76. The van der Waals surface area contributed by atoms with Crippen LogP contribution in [0.3, 0.4) is 0 Å². The number of benzene rings is 1. The standard InChI is InChI=1S/C23H26ClN3O4/c1-3-4-10-20-25-14-18(26(20)15-17-8-5-6-9-19(17)24)13-21(28)27(16(2)23(29)30)22-11-7-12-31-22/h5-9,11-12,14,16H,3-4,10,13,15H2,1-2H3,(H,29,30). The molecule has 2 heterocycles. The number of carbonyl (C=O) groups is 2. The first-order valence-electron chi connectivity index (χ1n) is 10.3. The van der Waals surface area contributed by atoms with Gasteiger partial charge in [0.2, 0.25) is 11.8 Å². The Morgan fingerprint density at radius 3 is 2.68 bits per heavy atom. The largest absolute Gasteiger partial charge is 0.480 e. The van der Waals surface area contributed by atoms with Crippen molar-refractivity contribution in [3.05, 3.63) is 71.0 Å². The summed E-state index contributed by atoms with van der Waals surface area (Å²) < 4.78 is 7.33. The molecule has 3 aromatic rings. The zero-order chi connectivity index (χ0) is 22.4. The van der Waals surface area contributed by atoms with Crippen LogP contribution in [0.15, 0.2) is 53.3 Å². The van der Waals surface area contributed by atoms with Crippen LogP contribution in [-0.4, -0.2) is 32.6 Å². The topological polar surface area (TPSA) is 88.6 Å². The number of carboxylic acid groups (broad SMARTS) is 1. The second-order valence-electron chi connectivity index (χ2n) is 7.35. The molecule has 0 bridgehead atoms. The highest BCUT2D eigenvalue weighted by Crippen LogP contribution is 2.22. The molecule has 0 saturated heterocycles. The van der Waals surface area contributed by atoms with Crippen molar-refractivity contribution < 1.29 is 19.1 Å². The fourth-order valence-electron chi connectivity index (χ4n) is 3.41. The maximum Gasteiger partial charge on any atom is 0.326 e. The molecule has 3 rings (SSSR count). The van der Waals surface area contributed by atoms with E-state index in [4.69, 9.17) is 16.0 Å². The summed E-state index contributed by atoms with van der Waals surface area (Å²) in [5, 5.41) is 10.1. The van der Waals surface area contributed by atoms with Crippen molar-refractivity contribution in [3.63, 3.8) is 0 Å². The Balaban J connectivity index is 1.92. The number of carboxylic acids is 1. The number of rotatable bonds is 10. The first kappa shape index (κ1) is 22.6. The second kappa shape index (κ2) is 10.3. The van der Waals surface area contributed by atoms with Crippen LogP contribution >= 0.6 is 11.6 Å². The molecule has 164 valence electrons. The molecule has 1 atom stereocenters. The zero-order valence-electron chi connectivity index (χ0n) is 17.6. The molecule has 7 nitrogen and oxygen atoms in total. The third kappa shape index (κ3) is 5.35. The van der Waals surface area contributed by atoms with Gasteiger partial charge >= 0.3 is 5.97 Å². The quantitative estimate of drug-likeness (QED) is 0.495. The van der Waals surface area contributed by atoms with E-state index in [1.807, 2.05) is 28.8 Å². The van der Waals surface area contributed by atoms with Crippen molar-refractivity contribution in [3.8, 4) is 0 Å². The number of hydrogen-bond acceptors (Lipinski definition) is 4. The lowest BCUT2D eigenvalue weighted by Crippen LogP contribution is -2.44. The monoisotopic (exact) mass is 443 g/mol. The van der Waals surface area contributed by atoms with E-state index in [9.17, 15) is 14.7 Å². The van der Waals surface area contributed by atoms with Gasteiger partial charge in [-0.3, -0.25) is 9.69 Å². The minimum atomic E-state index is -1.11. The van der Waals surface area contributed by atoms with Crippen molar-refractivity contribution in [1.82, 2.24) is 9.55 Å². The number of aromatic nitrogens is 2. The van der Waals surface area contributed by atoms with E-state index >= 15 is 0 Å². The number of amides is 1. The fraction of sp³-hybridized carbons (Fsp3) is 0.348. The molecule has 1 aromatic carbocycles. The van der Waals surface area contributed by atoms with E-state index in [2.05, 4.69) is 11.9 Å². The minimum Gasteiger partial charge on any atom is -0.480 e. The zero-order valence-corrected chi connectivity index (χ0v) is 18.4. The van der Waals surface area contributed by atoms with Gasteiger partial charge in [0.1, 0.15) is 11.9 Å². The predicted octanol–water partition coefficient (Wildman–Crippen LogP) is 4.57. The first-order chi connectivity index (χ1) is 14.9. The number of unbranched alkanes of at least 4 members (excludes halogenated alkanes) is 1. The highest BCUT2D eigenvalue weighted by Gasteiger charge is 2.30. The van der Waals surface area contributed by atoms with E-state index < -0.39 is 12.0 Å². The summed E-state index contributed by atoms with van der Waals surface area (Å²) in [5.41, 5.74) is 1.63. The molecule has 31 heavy (non-hydrogen) atoms. The van der Waals surface area contributed by atoms with Gasteiger partial charge in [-0.05, 0) is 31.0 Å². The Morgan fingerprint density at radius 2 is 2.03 bits per heavy atom. The number of anilines is 1. The van der Waals surface area contributed by atoms with E-state index in [-0.39, 0.29) is 18.2 Å². The van der Waals surface area contributed by atoms with Gasteiger partial charge in [-0.15, -0.1) is 0 Å². The van der Waals surface area contributed by atoms with Crippen molar-refractivity contribution in [2.45, 2.75) is 52.1 Å². The Bertz CT molecular complexity index is 1030. The van der Waals surface area contributed by atoms with Crippen molar-refractivity contribution in [2.75, 3.05) is 4.90 Å². The Kier molecular flexibility index (Phi) is 7.52. The summed E-state index contributed by atoms with van der Waals surface area (Å²) >= 11 is 6.36. The maximum atomic E-state index is 13.2. The Hall–Kier alpha value is -3.06. The number of carbonyl (C=O) groups excluding carboxylic acids is 1. The summed E-state index contributed by atoms with van der Waals surface area (Å²) in [6, 6.07) is 9.69. The normalized spacial score (nSPS) is 12.0. The molecular formula is C23H26ClN3O4. The maximum absolute atomic E-state index is 13.2. The molecule has 1 N–H and O–H groups in total. The number of imidazole rings is 1. The van der Waals surface area contributed by atoms with Crippen LogP contribution in [-0.2, 0) is 29.0 Å². The molecule has 0 aliphatic carbocycles. The van der Waals surface area contributed by atoms with Crippen LogP contribution in [0.5, 0.6) is 0 Å². The molecule has 0 spiro atoms. The summed E-state index contributed by atoms with van der Waals surface area (Å²) in [5.74, 6) is -0.422. The van der Waals surface area contributed by atoms with Gasteiger partial charge < -0.3 is 14.1 Å². The summed E-state index contributed by atoms with van der Waals surface area (Å²) in [7, 11) is 0. The highest BCUT2D eigenvalue weighted by molar-refractivity contribution is 6.31. The van der Waals surface area contributed by atoms with Crippen LogP contribution in [0, 0.1) is 0 Å². The molecular weight excluding hydrogens is 418 g/mol. The highest BCUT2D eigenvalue weighted by atomic mass is 35.5. The molecule has 8 heteroatoms. The van der Waals surface area contributed by atoms with Crippen molar-refractivity contribution >= 4 is 29.4 Å². The third-order valence-corrected chi connectivity index (χ3v) is 5.52. The fourth-order valence-corrected chi connectivity index (χ4v) is 3.60. The van der Waals surface area contributed by atoms with E-state index in [1.165, 1.54) is 18.1 Å². The van der Waals surface area contributed by atoms with E-state index in [1.54, 1.807) is 18.3 Å². The van der Waals surface area contributed by atoms with Crippen LogP contribution < -0.4 is 4.90 Å². The SMILES string of the molecule is CCCCc1ncc(CC(=O)N(c2ccco2)C(C)C(=O)O)n1Cc1ccccc1Cl. The molecule has 1 unspecified atom stereocenters. The lowest BCUT2D eigenvalue weighted by atomic mass is 10.2. The molecule has 0 fully saturated rings. The molecule has 0 aliphatic rings. The lowest BCUT2D eigenvalue weighted by molar-refractivity contribution is -0.139. The summed E-state index contributed by atoms with van der Waals surface area (Å²) in [4.78, 5) is 30.5. The molecule has 0 saturated carbocycles. The number of nitrogens with zero attached hydrogens (tertiary/aromatic N) is 3. The van der Waals surface area contributed by atoms with Crippen molar-refractivity contribution in [2.24, 2.45) is 0 Å². The number of halogens is 1. The van der Waals surface area contributed by atoms with Crippen LogP contribution in [0.25, 0.3) is 0 Å². The average molecular weight is 444 g/mol. The first-order valence-corrected chi connectivity index (χ1v) is 10.6. The molecule has 0 aliphatic heterocycles. The van der Waals surface area contributed by atoms with Gasteiger partial charge in [-0.2, -0.15) is 0 Å².